The quantitative estimate of drug-likeness (QED) is 0.904. The number of nitrogens with two attached hydrogens (primary N) is 1. The molecular weight excluding hydrogens is 287 g/mol. The average Bonchev–Trinajstić information content (AvgIpc) is 2.40. The van der Waals surface area contributed by atoms with Crippen LogP contribution in [0.4, 0.5) is 10.1 Å². The fourth-order valence-electron chi connectivity index (χ4n) is 2.46. The molecule has 0 bridgehead atoms. The van der Waals surface area contributed by atoms with Gasteiger partial charge in [0.05, 0.1) is 10.7 Å². The van der Waals surface area contributed by atoms with E-state index >= 15 is 0 Å². The van der Waals surface area contributed by atoms with E-state index in [1.807, 2.05) is 43.1 Å². The Kier molecular flexibility index (Phi) is 5.21. The normalized spacial score (nSPS) is 12.2. The molecule has 2 rings (SSSR count). The minimum atomic E-state index is -0.204. The summed E-state index contributed by atoms with van der Waals surface area (Å²) in [6.45, 7) is 2.42. The molecule has 1 atom stereocenters. The Morgan fingerprint density at radius 1 is 1.14 bits per heavy atom. The minimum Gasteiger partial charge on any atom is -0.369 e. The maximum absolute atomic E-state index is 13.8. The lowest BCUT2D eigenvalue weighted by molar-refractivity contribution is 0.607. The standard InChI is InChI=1S/C17H20ClFN2/c1-12(20)10-13-7-5-8-15(18)17(13)21(2)11-14-6-3-4-9-16(14)19/h3-9,12H,10-11,20H2,1-2H3. The molecular formula is C17H20ClFN2. The molecule has 0 spiro atoms. The van der Waals surface area contributed by atoms with Crippen LogP contribution in [0.3, 0.4) is 0 Å². The molecule has 0 aliphatic heterocycles. The second-order valence-corrected chi connectivity index (χ2v) is 5.78. The first-order valence-electron chi connectivity index (χ1n) is 6.96. The number of hydrogen-bond donors (Lipinski definition) is 1. The van der Waals surface area contributed by atoms with E-state index in [2.05, 4.69) is 0 Å². The summed E-state index contributed by atoms with van der Waals surface area (Å²) >= 11 is 6.34. The molecule has 0 fully saturated rings. The average molecular weight is 307 g/mol. The summed E-state index contributed by atoms with van der Waals surface area (Å²) in [7, 11) is 1.92. The number of para-hydroxylation sites is 1. The monoisotopic (exact) mass is 306 g/mol. The highest BCUT2D eigenvalue weighted by molar-refractivity contribution is 6.33. The van der Waals surface area contributed by atoms with Crippen molar-refractivity contribution in [2.75, 3.05) is 11.9 Å². The summed E-state index contributed by atoms with van der Waals surface area (Å²) in [4.78, 5) is 1.97. The van der Waals surface area contributed by atoms with Gasteiger partial charge >= 0.3 is 0 Å². The van der Waals surface area contributed by atoms with Gasteiger partial charge in [0.1, 0.15) is 5.82 Å². The van der Waals surface area contributed by atoms with Gasteiger partial charge in [-0.3, -0.25) is 0 Å². The summed E-state index contributed by atoms with van der Waals surface area (Å²) < 4.78 is 13.8. The Morgan fingerprint density at radius 2 is 1.81 bits per heavy atom. The number of hydrogen-bond acceptors (Lipinski definition) is 2. The Balaban J connectivity index is 2.30. The molecule has 0 saturated carbocycles. The minimum absolute atomic E-state index is 0.0454. The van der Waals surface area contributed by atoms with E-state index < -0.39 is 0 Å². The highest BCUT2D eigenvalue weighted by Crippen LogP contribution is 2.31. The van der Waals surface area contributed by atoms with Gasteiger partial charge < -0.3 is 10.6 Å². The van der Waals surface area contributed by atoms with E-state index in [4.69, 9.17) is 17.3 Å². The lowest BCUT2D eigenvalue weighted by Gasteiger charge is -2.25. The second kappa shape index (κ2) is 6.92. The van der Waals surface area contributed by atoms with Crippen LogP contribution in [0.15, 0.2) is 42.5 Å². The van der Waals surface area contributed by atoms with Crippen LogP contribution in [-0.4, -0.2) is 13.1 Å². The Bertz CT molecular complexity index is 613. The number of nitrogens with zero attached hydrogens (tertiary/aromatic N) is 1. The lowest BCUT2D eigenvalue weighted by atomic mass is 10.0. The van der Waals surface area contributed by atoms with Crippen molar-refractivity contribution >= 4 is 17.3 Å². The van der Waals surface area contributed by atoms with Gasteiger partial charge in [0.15, 0.2) is 0 Å². The molecule has 0 heterocycles. The first-order chi connectivity index (χ1) is 9.99. The molecule has 1 unspecified atom stereocenters. The zero-order valence-corrected chi connectivity index (χ0v) is 13.1. The fourth-order valence-corrected chi connectivity index (χ4v) is 2.80. The Hall–Kier alpha value is -1.58. The summed E-state index contributed by atoms with van der Waals surface area (Å²) in [5.41, 5.74) is 8.54. The molecule has 0 radical (unpaired) electrons. The Morgan fingerprint density at radius 3 is 2.48 bits per heavy atom. The second-order valence-electron chi connectivity index (χ2n) is 5.38. The molecule has 0 aromatic heterocycles. The maximum atomic E-state index is 13.8. The van der Waals surface area contributed by atoms with Crippen LogP contribution < -0.4 is 10.6 Å². The van der Waals surface area contributed by atoms with Crippen LogP contribution in [0, 0.1) is 5.82 Å². The molecule has 2 N–H and O–H groups in total. The van der Waals surface area contributed by atoms with Crippen molar-refractivity contribution in [1.82, 2.24) is 0 Å². The number of benzene rings is 2. The van der Waals surface area contributed by atoms with E-state index in [0.29, 0.717) is 17.1 Å². The van der Waals surface area contributed by atoms with Gasteiger partial charge in [0, 0.05) is 25.2 Å². The largest absolute Gasteiger partial charge is 0.369 e. The molecule has 0 aliphatic rings. The maximum Gasteiger partial charge on any atom is 0.128 e. The van der Waals surface area contributed by atoms with Gasteiger partial charge in [-0.2, -0.15) is 0 Å². The van der Waals surface area contributed by atoms with Crippen LogP contribution in [0.25, 0.3) is 0 Å². The van der Waals surface area contributed by atoms with Crippen LogP contribution in [0.5, 0.6) is 0 Å². The first kappa shape index (κ1) is 15.8. The third-order valence-electron chi connectivity index (χ3n) is 3.36. The molecule has 112 valence electrons. The molecule has 2 aromatic rings. The zero-order chi connectivity index (χ0) is 15.4. The number of rotatable bonds is 5. The van der Waals surface area contributed by atoms with Crippen molar-refractivity contribution in [2.24, 2.45) is 5.73 Å². The topological polar surface area (TPSA) is 29.3 Å². The highest BCUT2D eigenvalue weighted by Gasteiger charge is 2.14. The van der Waals surface area contributed by atoms with Crippen LogP contribution >= 0.6 is 11.6 Å². The van der Waals surface area contributed by atoms with E-state index in [0.717, 1.165) is 17.7 Å². The van der Waals surface area contributed by atoms with Gasteiger partial charge in [-0.1, -0.05) is 41.9 Å². The SMILES string of the molecule is CC(N)Cc1cccc(Cl)c1N(C)Cc1ccccc1F. The molecule has 2 aromatic carbocycles. The smallest absolute Gasteiger partial charge is 0.128 e. The predicted molar refractivity (Wildman–Crippen MR) is 87.3 cm³/mol. The van der Waals surface area contributed by atoms with Crippen molar-refractivity contribution in [2.45, 2.75) is 25.9 Å². The van der Waals surface area contributed by atoms with Crippen LogP contribution in [-0.2, 0) is 13.0 Å². The van der Waals surface area contributed by atoms with Crippen molar-refractivity contribution in [3.63, 3.8) is 0 Å². The molecule has 0 aliphatic carbocycles. The summed E-state index contributed by atoms with van der Waals surface area (Å²) in [5, 5.41) is 0.659. The van der Waals surface area contributed by atoms with Gasteiger partial charge in [-0.25, -0.2) is 4.39 Å². The van der Waals surface area contributed by atoms with Crippen LogP contribution in [0.1, 0.15) is 18.1 Å². The third-order valence-corrected chi connectivity index (χ3v) is 3.66. The van der Waals surface area contributed by atoms with Gasteiger partial charge in [0.2, 0.25) is 0 Å². The van der Waals surface area contributed by atoms with E-state index in [1.54, 1.807) is 12.1 Å². The van der Waals surface area contributed by atoms with Crippen molar-refractivity contribution in [1.29, 1.82) is 0 Å². The van der Waals surface area contributed by atoms with Crippen LogP contribution in [0.2, 0.25) is 5.02 Å². The predicted octanol–water partition coefficient (Wildman–Crippen LogP) is 4.01. The summed E-state index contributed by atoms with van der Waals surface area (Å²) in [5.74, 6) is -0.204. The van der Waals surface area contributed by atoms with Crippen molar-refractivity contribution in [3.8, 4) is 0 Å². The molecule has 0 saturated heterocycles. The molecule has 4 heteroatoms. The Labute approximate surface area is 130 Å². The lowest BCUT2D eigenvalue weighted by Crippen LogP contribution is -2.23. The first-order valence-corrected chi connectivity index (χ1v) is 7.34. The van der Waals surface area contributed by atoms with E-state index in [9.17, 15) is 4.39 Å². The molecule has 21 heavy (non-hydrogen) atoms. The molecule has 2 nitrogen and oxygen atoms in total. The fraction of sp³-hybridized carbons (Fsp3) is 0.294. The third kappa shape index (κ3) is 3.96. The number of halogens is 2. The van der Waals surface area contributed by atoms with Gasteiger partial charge in [-0.05, 0) is 31.0 Å². The summed E-state index contributed by atoms with van der Waals surface area (Å²) in [6.07, 6.45) is 0.734. The zero-order valence-electron chi connectivity index (χ0n) is 12.3. The van der Waals surface area contributed by atoms with Gasteiger partial charge in [-0.15, -0.1) is 0 Å². The summed E-state index contributed by atoms with van der Waals surface area (Å²) in [6, 6.07) is 12.6. The van der Waals surface area contributed by atoms with E-state index in [-0.39, 0.29) is 11.9 Å². The molecule has 0 amide bonds. The van der Waals surface area contributed by atoms with Crippen molar-refractivity contribution in [3.05, 3.63) is 64.4 Å². The van der Waals surface area contributed by atoms with Gasteiger partial charge in [0.25, 0.3) is 0 Å². The number of anilines is 1. The van der Waals surface area contributed by atoms with E-state index in [1.165, 1.54) is 6.07 Å². The van der Waals surface area contributed by atoms with Crippen molar-refractivity contribution < 1.29 is 4.39 Å². The highest BCUT2D eigenvalue weighted by atomic mass is 35.5.